The minimum absolute atomic E-state index is 0.0131. The lowest BCUT2D eigenvalue weighted by atomic mass is 9.82. The lowest BCUT2D eigenvalue weighted by molar-refractivity contribution is -0.146. The minimum Gasteiger partial charge on any atom is -0.481 e. The zero-order valence-corrected chi connectivity index (χ0v) is 12.5. The number of hydrogen-bond acceptors (Lipinski definition) is 4. The van der Waals surface area contributed by atoms with Gasteiger partial charge in [-0.05, 0) is 36.5 Å². The maximum absolute atomic E-state index is 12.6. The van der Waals surface area contributed by atoms with Gasteiger partial charge in [0, 0.05) is 12.6 Å². The number of allylic oxidation sites excluding steroid dienone is 2. The number of hydrogen-bond donors (Lipinski definition) is 2. The van der Waals surface area contributed by atoms with Crippen LogP contribution in [0.25, 0.3) is 11.1 Å². The Balaban J connectivity index is 1.58. The standard InChI is InChI=1S/C17H16N2O4/c1-8-18-12-7-11(4-5-13(12)23-8)19-16(20)14-9-2-3-10(6-9)15(14)17(21)22/h2-5,7,9-10,14-15H,6H2,1H3,(H,19,20)(H,21,22)/t9-,10-,14-,15-/m0/s1. The first kappa shape index (κ1) is 14.0. The van der Waals surface area contributed by atoms with Gasteiger partial charge >= 0.3 is 5.97 Å². The predicted molar refractivity (Wildman–Crippen MR) is 82.7 cm³/mol. The van der Waals surface area contributed by atoms with Gasteiger partial charge in [0.15, 0.2) is 11.5 Å². The number of nitrogens with zero attached hydrogens (tertiary/aromatic N) is 1. The van der Waals surface area contributed by atoms with Crippen molar-refractivity contribution in [3.8, 4) is 0 Å². The Morgan fingerprint density at radius 1 is 1.26 bits per heavy atom. The molecule has 1 amide bonds. The third kappa shape index (κ3) is 2.21. The molecule has 2 bridgehead atoms. The van der Waals surface area contributed by atoms with Gasteiger partial charge in [0.1, 0.15) is 5.52 Å². The Hall–Kier alpha value is -2.63. The fourth-order valence-corrected chi connectivity index (χ4v) is 3.86. The number of oxazole rings is 1. The number of rotatable bonds is 3. The summed E-state index contributed by atoms with van der Waals surface area (Å²) < 4.78 is 5.41. The number of carbonyl (C=O) groups is 2. The van der Waals surface area contributed by atoms with Crippen LogP contribution in [0.15, 0.2) is 34.8 Å². The molecular weight excluding hydrogens is 296 g/mol. The monoisotopic (exact) mass is 312 g/mol. The van der Waals surface area contributed by atoms with Crippen LogP contribution in [0, 0.1) is 30.6 Å². The molecular formula is C17H16N2O4. The number of amides is 1. The fourth-order valence-electron chi connectivity index (χ4n) is 3.86. The summed E-state index contributed by atoms with van der Waals surface area (Å²) in [7, 11) is 0. The first-order valence-electron chi connectivity index (χ1n) is 7.62. The number of carbonyl (C=O) groups excluding carboxylic acids is 1. The number of aliphatic carboxylic acids is 1. The Labute approximate surface area is 132 Å². The summed E-state index contributed by atoms with van der Waals surface area (Å²) in [6.07, 6.45) is 4.65. The van der Waals surface area contributed by atoms with Crippen molar-refractivity contribution in [1.82, 2.24) is 4.98 Å². The van der Waals surface area contributed by atoms with Gasteiger partial charge in [0.2, 0.25) is 5.91 Å². The van der Waals surface area contributed by atoms with E-state index in [2.05, 4.69) is 10.3 Å². The molecule has 1 fully saturated rings. The highest BCUT2D eigenvalue weighted by atomic mass is 16.4. The van der Waals surface area contributed by atoms with Crippen LogP contribution in [0.3, 0.4) is 0 Å². The molecule has 0 saturated heterocycles. The molecule has 23 heavy (non-hydrogen) atoms. The molecule has 1 aromatic heterocycles. The summed E-state index contributed by atoms with van der Waals surface area (Å²) in [5.74, 6) is -1.75. The summed E-state index contributed by atoms with van der Waals surface area (Å²) in [4.78, 5) is 28.3. The van der Waals surface area contributed by atoms with Gasteiger partial charge in [-0.1, -0.05) is 12.2 Å². The van der Waals surface area contributed by atoms with Crippen LogP contribution in [-0.2, 0) is 9.59 Å². The predicted octanol–water partition coefficient (Wildman–Crippen LogP) is 2.60. The van der Waals surface area contributed by atoms with Gasteiger partial charge < -0.3 is 14.8 Å². The molecule has 6 nitrogen and oxygen atoms in total. The molecule has 1 heterocycles. The van der Waals surface area contributed by atoms with Crippen molar-refractivity contribution >= 4 is 28.7 Å². The quantitative estimate of drug-likeness (QED) is 0.850. The van der Waals surface area contributed by atoms with Crippen LogP contribution in [-0.4, -0.2) is 22.0 Å². The second kappa shape index (κ2) is 4.94. The molecule has 2 aromatic rings. The number of benzene rings is 1. The molecule has 6 heteroatoms. The van der Waals surface area contributed by atoms with Crippen LogP contribution >= 0.6 is 0 Å². The van der Waals surface area contributed by atoms with E-state index in [1.54, 1.807) is 25.1 Å². The fraction of sp³-hybridized carbons (Fsp3) is 0.353. The molecule has 0 spiro atoms. The highest BCUT2D eigenvalue weighted by Crippen LogP contribution is 2.48. The number of fused-ring (bicyclic) bond motifs is 3. The number of aryl methyl sites for hydroxylation is 1. The smallest absolute Gasteiger partial charge is 0.307 e. The van der Waals surface area contributed by atoms with E-state index >= 15 is 0 Å². The second-order valence-electron chi connectivity index (χ2n) is 6.24. The largest absolute Gasteiger partial charge is 0.481 e. The van der Waals surface area contributed by atoms with Crippen LogP contribution in [0.2, 0.25) is 0 Å². The number of carboxylic acids is 1. The van der Waals surface area contributed by atoms with E-state index in [-0.39, 0.29) is 17.7 Å². The Kier molecular flexibility index (Phi) is 3.01. The first-order valence-corrected chi connectivity index (χ1v) is 7.62. The summed E-state index contributed by atoms with van der Waals surface area (Å²) in [6, 6.07) is 5.23. The van der Waals surface area contributed by atoms with E-state index in [1.807, 2.05) is 12.2 Å². The van der Waals surface area contributed by atoms with Gasteiger partial charge in [-0.2, -0.15) is 0 Å². The summed E-state index contributed by atoms with van der Waals surface area (Å²) in [6.45, 7) is 1.76. The highest BCUT2D eigenvalue weighted by molar-refractivity contribution is 5.97. The van der Waals surface area contributed by atoms with E-state index < -0.39 is 17.8 Å². The van der Waals surface area contributed by atoms with Gasteiger partial charge in [-0.15, -0.1) is 0 Å². The Morgan fingerprint density at radius 3 is 2.74 bits per heavy atom. The molecule has 4 atom stereocenters. The maximum atomic E-state index is 12.6. The summed E-state index contributed by atoms with van der Waals surface area (Å²) in [5.41, 5.74) is 1.93. The first-order chi connectivity index (χ1) is 11.0. The Bertz CT molecular complexity index is 838. The number of anilines is 1. The van der Waals surface area contributed by atoms with Crippen LogP contribution in [0.1, 0.15) is 12.3 Å². The van der Waals surface area contributed by atoms with Crippen LogP contribution in [0.5, 0.6) is 0 Å². The van der Waals surface area contributed by atoms with Crippen molar-refractivity contribution in [3.63, 3.8) is 0 Å². The topological polar surface area (TPSA) is 92.4 Å². The van der Waals surface area contributed by atoms with Gasteiger partial charge in [-0.3, -0.25) is 9.59 Å². The van der Waals surface area contributed by atoms with Crippen molar-refractivity contribution in [3.05, 3.63) is 36.2 Å². The van der Waals surface area contributed by atoms with Crippen molar-refractivity contribution in [2.45, 2.75) is 13.3 Å². The molecule has 118 valence electrons. The van der Waals surface area contributed by atoms with Crippen LogP contribution < -0.4 is 5.32 Å². The van der Waals surface area contributed by atoms with Crippen molar-refractivity contribution in [1.29, 1.82) is 0 Å². The SMILES string of the molecule is Cc1nc2cc(NC(=O)[C@@H]3[C@@H](C(=O)O)[C@H]4C=C[C@H]3C4)ccc2o1. The lowest BCUT2D eigenvalue weighted by Crippen LogP contribution is -2.36. The van der Waals surface area contributed by atoms with Crippen molar-refractivity contribution in [2.24, 2.45) is 23.7 Å². The number of aromatic nitrogens is 1. The lowest BCUT2D eigenvalue weighted by Gasteiger charge is -2.23. The maximum Gasteiger partial charge on any atom is 0.307 e. The second-order valence-corrected chi connectivity index (χ2v) is 6.24. The van der Waals surface area contributed by atoms with E-state index in [4.69, 9.17) is 4.42 Å². The third-order valence-electron chi connectivity index (χ3n) is 4.81. The molecule has 4 rings (SSSR count). The van der Waals surface area contributed by atoms with E-state index in [0.29, 0.717) is 22.7 Å². The van der Waals surface area contributed by atoms with Crippen molar-refractivity contribution < 1.29 is 19.1 Å². The molecule has 0 aliphatic heterocycles. The summed E-state index contributed by atoms with van der Waals surface area (Å²) >= 11 is 0. The van der Waals surface area contributed by atoms with Crippen molar-refractivity contribution in [2.75, 3.05) is 5.32 Å². The molecule has 1 saturated carbocycles. The minimum atomic E-state index is -0.899. The molecule has 0 unspecified atom stereocenters. The number of nitrogens with one attached hydrogen (secondary N) is 1. The number of carboxylic acid groups (broad SMARTS) is 1. The van der Waals surface area contributed by atoms with E-state index in [1.165, 1.54) is 0 Å². The van der Waals surface area contributed by atoms with Gasteiger partial charge in [-0.25, -0.2) is 4.98 Å². The van der Waals surface area contributed by atoms with Crippen LogP contribution in [0.4, 0.5) is 5.69 Å². The highest BCUT2D eigenvalue weighted by Gasteiger charge is 2.51. The average Bonchev–Trinajstić information content (AvgIpc) is 3.18. The normalized spacial score (nSPS) is 28.4. The van der Waals surface area contributed by atoms with Gasteiger partial charge in [0.25, 0.3) is 0 Å². The zero-order chi connectivity index (χ0) is 16.1. The molecule has 2 aliphatic carbocycles. The van der Waals surface area contributed by atoms with E-state index in [9.17, 15) is 14.7 Å². The summed E-state index contributed by atoms with van der Waals surface area (Å²) in [5, 5.41) is 12.3. The molecule has 1 aromatic carbocycles. The average molecular weight is 312 g/mol. The zero-order valence-electron chi connectivity index (χ0n) is 12.5. The molecule has 0 radical (unpaired) electrons. The molecule has 2 aliphatic rings. The third-order valence-corrected chi connectivity index (χ3v) is 4.81. The Morgan fingerprint density at radius 2 is 2.00 bits per heavy atom. The van der Waals surface area contributed by atoms with E-state index in [0.717, 1.165) is 6.42 Å². The van der Waals surface area contributed by atoms with Gasteiger partial charge in [0.05, 0.1) is 11.8 Å². The molecule has 2 N–H and O–H groups in total.